The number of carbonyl (C=O) groups excluding carboxylic acids is 2. The van der Waals surface area contributed by atoms with Crippen LogP contribution in [0.3, 0.4) is 0 Å². The van der Waals surface area contributed by atoms with Crippen molar-refractivity contribution in [1.29, 1.82) is 0 Å². The maximum absolute atomic E-state index is 12.9. The van der Waals surface area contributed by atoms with E-state index in [1.54, 1.807) is 0 Å². The summed E-state index contributed by atoms with van der Waals surface area (Å²) in [6.07, 6.45) is 0.217. The Hall–Kier alpha value is -2.61. The molecule has 158 valence electrons. The van der Waals surface area contributed by atoms with Crippen molar-refractivity contribution in [2.45, 2.75) is 43.3 Å². The van der Waals surface area contributed by atoms with Crippen molar-refractivity contribution in [3.05, 3.63) is 41.9 Å². The molecule has 8 heteroatoms. The largest absolute Gasteiger partial charge is 0.353 e. The predicted octanol–water partition coefficient (Wildman–Crippen LogP) is 3.06. The second-order valence-electron chi connectivity index (χ2n) is 8.04. The molecular formula is C22H27N5O2S. The Bertz CT molecular complexity index is 956. The number of fused-ring (bicyclic) bond motifs is 1. The molecule has 30 heavy (non-hydrogen) atoms. The van der Waals surface area contributed by atoms with Gasteiger partial charge in [0, 0.05) is 55.2 Å². The summed E-state index contributed by atoms with van der Waals surface area (Å²) < 4.78 is 0. The Morgan fingerprint density at radius 1 is 1.20 bits per heavy atom. The summed E-state index contributed by atoms with van der Waals surface area (Å²) in [5.74, 6) is 1.99. The minimum absolute atomic E-state index is 0.0309. The van der Waals surface area contributed by atoms with E-state index in [-0.39, 0.29) is 29.4 Å². The molecular weight excluding hydrogens is 398 g/mol. The first-order valence-electron chi connectivity index (χ1n) is 10.4. The van der Waals surface area contributed by atoms with Gasteiger partial charge in [-0.1, -0.05) is 26.0 Å². The maximum atomic E-state index is 12.9. The molecule has 2 aromatic rings. The van der Waals surface area contributed by atoms with Crippen LogP contribution < -0.4 is 10.2 Å². The summed E-state index contributed by atoms with van der Waals surface area (Å²) in [6.45, 7) is 8.89. The highest BCUT2D eigenvalue weighted by molar-refractivity contribution is 8.01. The molecule has 0 spiro atoms. The predicted molar refractivity (Wildman–Crippen MR) is 119 cm³/mol. The molecule has 1 unspecified atom stereocenters. The Morgan fingerprint density at radius 3 is 2.67 bits per heavy atom. The van der Waals surface area contributed by atoms with E-state index >= 15 is 0 Å². The monoisotopic (exact) mass is 425 g/mol. The molecule has 1 aromatic carbocycles. The molecule has 3 heterocycles. The molecule has 1 N–H and O–H groups in total. The number of aryl methyl sites for hydroxylation is 1. The molecule has 1 atom stereocenters. The van der Waals surface area contributed by atoms with Crippen LogP contribution in [-0.4, -0.2) is 58.1 Å². The van der Waals surface area contributed by atoms with Crippen LogP contribution in [0.1, 0.15) is 37.7 Å². The van der Waals surface area contributed by atoms with E-state index in [1.165, 1.54) is 11.8 Å². The van der Waals surface area contributed by atoms with Crippen LogP contribution in [0.25, 0.3) is 0 Å². The minimum Gasteiger partial charge on any atom is -0.353 e. The quantitative estimate of drug-likeness (QED) is 0.811. The smallest absolute Gasteiger partial charge is 0.238 e. The molecule has 4 rings (SSSR count). The molecule has 7 nitrogen and oxygen atoms in total. The van der Waals surface area contributed by atoms with Gasteiger partial charge in [-0.3, -0.25) is 9.59 Å². The second-order valence-corrected chi connectivity index (χ2v) is 9.29. The number of thioether (sulfide) groups is 1. The topological polar surface area (TPSA) is 78.4 Å². The van der Waals surface area contributed by atoms with Gasteiger partial charge in [-0.05, 0) is 19.1 Å². The molecule has 0 radical (unpaired) electrons. The van der Waals surface area contributed by atoms with Crippen molar-refractivity contribution in [1.82, 2.24) is 14.9 Å². The number of benzene rings is 1. The van der Waals surface area contributed by atoms with Gasteiger partial charge >= 0.3 is 0 Å². The van der Waals surface area contributed by atoms with Gasteiger partial charge in [-0.2, -0.15) is 0 Å². The zero-order valence-corrected chi connectivity index (χ0v) is 18.4. The van der Waals surface area contributed by atoms with Gasteiger partial charge < -0.3 is 15.1 Å². The average molecular weight is 426 g/mol. The first kappa shape index (κ1) is 20.7. The van der Waals surface area contributed by atoms with Crippen LogP contribution >= 0.6 is 11.8 Å². The summed E-state index contributed by atoms with van der Waals surface area (Å²) >= 11 is 1.47. The van der Waals surface area contributed by atoms with Gasteiger partial charge in [0.15, 0.2) is 0 Å². The normalized spacial score (nSPS) is 18.9. The summed E-state index contributed by atoms with van der Waals surface area (Å²) in [5.41, 5.74) is 1.79. The molecule has 2 aliphatic rings. The fourth-order valence-corrected chi connectivity index (χ4v) is 4.80. The number of hydrogen-bond donors (Lipinski definition) is 1. The summed E-state index contributed by atoms with van der Waals surface area (Å²) in [5, 5.41) is 2.53. The van der Waals surface area contributed by atoms with Gasteiger partial charge in [0.2, 0.25) is 11.8 Å². The number of rotatable bonds is 4. The Kier molecular flexibility index (Phi) is 5.94. The zero-order chi connectivity index (χ0) is 21.3. The van der Waals surface area contributed by atoms with Gasteiger partial charge in [0.1, 0.15) is 11.6 Å². The Labute approximate surface area is 181 Å². The zero-order valence-electron chi connectivity index (χ0n) is 17.6. The van der Waals surface area contributed by atoms with Crippen LogP contribution in [-0.2, 0) is 9.59 Å². The van der Waals surface area contributed by atoms with E-state index in [0.717, 1.165) is 41.0 Å². The molecule has 0 saturated carbocycles. The fraction of sp³-hybridized carbons (Fsp3) is 0.455. The number of piperazine rings is 1. The van der Waals surface area contributed by atoms with E-state index in [2.05, 4.69) is 29.0 Å². The van der Waals surface area contributed by atoms with Gasteiger partial charge in [0.25, 0.3) is 0 Å². The number of nitrogens with zero attached hydrogens (tertiary/aromatic N) is 4. The second kappa shape index (κ2) is 8.63. The van der Waals surface area contributed by atoms with Crippen molar-refractivity contribution < 1.29 is 9.59 Å². The lowest BCUT2D eigenvalue weighted by molar-refractivity contribution is -0.132. The minimum atomic E-state index is -0.386. The number of aromatic nitrogens is 2. The highest BCUT2D eigenvalue weighted by Gasteiger charge is 2.31. The SMILES string of the molecule is Cc1cc(N2CCN(C(=O)CC3Sc4ccccc4NC3=O)CC2)nc(C(C)C)n1. The van der Waals surface area contributed by atoms with Crippen molar-refractivity contribution in [2.24, 2.45) is 0 Å². The molecule has 1 saturated heterocycles. The average Bonchev–Trinajstić information content (AvgIpc) is 2.74. The van der Waals surface area contributed by atoms with Crippen LogP contribution in [0.4, 0.5) is 11.5 Å². The molecule has 0 aliphatic carbocycles. The number of nitrogens with one attached hydrogen (secondary N) is 1. The number of anilines is 2. The maximum Gasteiger partial charge on any atom is 0.238 e. The van der Waals surface area contributed by atoms with Crippen LogP contribution in [0, 0.1) is 6.92 Å². The number of hydrogen-bond acceptors (Lipinski definition) is 6. The summed E-state index contributed by atoms with van der Waals surface area (Å²) in [4.78, 5) is 39.6. The third-order valence-corrected chi connectivity index (χ3v) is 6.67. The van der Waals surface area contributed by atoms with Gasteiger partial charge in [-0.15, -0.1) is 11.8 Å². The van der Waals surface area contributed by atoms with Crippen molar-refractivity contribution in [3.63, 3.8) is 0 Å². The summed E-state index contributed by atoms with van der Waals surface area (Å²) in [6, 6.07) is 9.71. The lowest BCUT2D eigenvalue weighted by Gasteiger charge is -2.36. The fourth-order valence-electron chi connectivity index (χ4n) is 3.69. The molecule has 1 aromatic heterocycles. The number of amides is 2. The Morgan fingerprint density at radius 2 is 1.93 bits per heavy atom. The third-order valence-electron chi connectivity index (χ3n) is 5.40. The van der Waals surface area contributed by atoms with Crippen LogP contribution in [0.2, 0.25) is 0 Å². The van der Waals surface area contributed by atoms with E-state index in [1.807, 2.05) is 42.2 Å². The molecule has 1 fully saturated rings. The van der Waals surface area contributed by atoms with Gasteiger partial charge in [0.05, 0.1) is 10.9 Å². The third kappa shape index (κ3) is 4.43. The number of carbonyl (C=O) groups is 2. The molecule has 0 bridgehead atoms. The lowest BCUT2D eigenvalue weighted by atomic mass is 10.2. The highest BCUT2D eigenvalue weighted by Crippen LogP contribution is 2.36. The van der Waals surface area contributed by atoms with Crippen LogP contribution in [0.5, 0.6) is 0 Å². The Balaban J connectivity index is 1.35. The van der Waals surface area contributed by atoms with Crippen LogP contribution in [0.15, 0.2) is 35.2 Å². The van der Waals surface area contributed by atoms with E-state index < -0.39 is 0 Å². The van der Waals surface area contributed by atoms with Crippen molar-refractivity contribution >= 4 is 35.1 Å². The van der Waals surface area contributed by atoms with E-state index in [0.29, 0.717) is 13.1 Å². The molecule has 2 aliphatic heterocycles. The highest BCUT2D eigenvalue weighted by atomic mass is 32.2. The van der Waals surface area contributed by atoms with E-state index in [9.17, 15) is 9.59 Å². The van der Waals surface area contributed by atoms with E-state index in [4.69, 9.17) is 4.98 Å². The molecule has 2 amide bonds. The standard InChI is InChI=1S/C22H27N5O2S/c1-14(2)21-23-15(3)12-19(25-21)26-8-10-27(11-9-26)20(28)13-18-22(29)24-16-6-4-5-7-17(16)30-18/h4-7,12,14,18H,8-11,13H2,1-3H3,(H,24,29). The summed E-state index contributed by atoms with van der Waals surface area (Å²) in [7, 11) is 0. The number of para-hydroxylation sites is 1. The van der Waals surface area contributed by atoms with Crippen molar-refractivity contribution in [2.75, 3.05) is 36.4 Å². The lowest BCUT2D eigenvalue weighted by Crippen LogP contribution is -2.50. The van der Waals surface area contributed by atoms with Gasteiger partial charge in [-0.25, -0.2) is 9.97 Å². The first-order valence-corrected chi connectivity index (χ1v) is 11.2. The van der Waals surface area contributed by atoms with Crippen molar-refractivity contribution in [3.8, 4) is 0 Å². The first-order chi connectivity index (χ1) is 14.4.